The van der Waals surface area contributed by atoms with Gasteiger partial charge in [-0.3, -0.25) is 4.79 Å². The van der Waals surface area contributed by atoms with E-state index in [1.54, 1.807) is 16.8 Å². The van der Waals surface area contributed by atoms with E-state index in [-0.39, 0.29) is 30.0 Å². The molecule has 3 N–H and O–H groups in total. The van der Waals surface area contributed by atoms with Gasteiger partial charge in [0.1, 0.15) is 18.1 Å². The van der Waals surface area contributed by atoms with Gasteiger partial charge >= 0.3 is 12.1 Å². The zero-order valence-corrected chi connectivity index (χ0v) is 26.4. The third-order valence-electron chi connectivity index (χ3n) is 7.81. The van der Waals surface area contributed by atoms with Crippen molar-refractivity contribution < 1.29 is 32.3 Å². The Morgan fingerprint density at radius 3 is 2.68 bits per heavy atom. The fourth-order valence-electron chi connectivity index (χ4n) is 5.47. The summed E-state index contributed by atoms with van der Waals surface area (Å²) in [5.74, 6) is -0.930. The molecule has 0 saturated carbocycles. The Labute approximate surface area is 254 Å². The van der Waals surface area contributed by atoms with Crippen LogP contribution in [0.1, 0.15) is 23.4 Å². The van der Waals surface area contributed by atoms with Gasteiger partial charge in [0.25, 0.3) is 0 Å². The van der Waals surface area contributed by atoms with Crippen molar-refractivity contribution in [3.63, 3.8) is 0 Å². The summed E-state index contributed by atoms with van der Waals surface area (Å²) in [5.41, 5.74) is 2.06. The predicted molar refractivity (Wildman–Crippen MR) is 163 cm³/mol. The van der Waals surface area contributed by atoms with Crippen molar-refractivity contribution in [2.75, 3.05) is 25.0 Å². The molecule has 0 radical (unpaired) electrons. The fourth-order valence-corrected chi connectivity index (χ4v) is 6.22. The van der Waals surface area contributed by atoms with Gasteiger partial charge in [-0.05, 0) is 37.9 Å². The minimum Gasteiger partial charge on any atom is -0.481 e. The summed E-state index contributed by atoms with van der Waals surface area (Å²) >= 11 is 0. The van der Waals surface area contributed by atoms with Crippen LogP contribution in [0, 0.1) is 19.8 Å². The maximum absolute atomic E-state index is 14.3. The van der Waals surface area contributed by atoms with E-state index in [0.29, 0.717) is 48.5 Å². The van der Waals surface area contributed by atoms with Crippen LogP contribution in [-0.4, -0.2) is 64.6 Å². The number of piperidine rings is 1. The summed E-state index contributed by atoms with van der Waals surface area (Å²) in [7, 11) is -1.36. The average molecular weight is 631 g/mol. The highest BCUT2D eigenvalue weighted by molar-refractivity contribution is 6.76. The highest BCUT2D eigenvalue weighted by Crippen LogP contribution is 2.41. The standard InChI is InChI=1S/C30H37F3N6O4Si/c1-17-26(18(2)43-38-17)19-6-7-22-23(15-39(25(22)11-19)16-42-8-9-44(3,4)5)27-24(30(31,32)33)14-35-29(37-27)36-21-10-20(28(40)41)12-34-13-21/h6-7,11,14-15,20-21,34H,8-10,12-13,16H2,1-5H3,(H,40,41)(H,35,36,37)/t20-,21+/m1/s1. The molecule has 1 aliphatic rings. The smallest absolute Gasteiger partial charge is 0.419 e. The monoisotopic (exact) mass is 630 g/mol. The fraction of sp³-hybridized carbons (Fsp3) is 0.467. The lowest BCUT2D eigenvalue weighted by molar-refractivity contribution is -0.142. The van der Waals surface area contributed by atoms with Crippen molar-refractivity contribution in [2.24, 2.45) is 5.92 Å². The third kappa shape index (κ3) is 6.97. The summed E-state index contributed by atoms with van der Waals surface area (Å²) in [6.45, 7) is 11.8. The molecule has 44 heavy (non-hydrogen) atoms. The van der Waals surface area contributed by atoms with Gasteiger partial charge in [-0.2, -0.15) is 13.2 Å². The van der Waals surface area contributed by atoms with Crippen LogP contribution >= 0.6 is 0 Å². The minimum absolute atomic E-state index is 0.00883. The molecule has 5 rings (SSSR count). The summed E-state index contributed by atoms with van der Waals surface area (Å²) < 4.78 is 56.2. The van der Waals surface area contributed by atoms with Crippen molar-refractivity contribution in [3.05, 3.63) is 47.6 Å². The topological polar surface area (TPSA) is 127 Å². The Hall–Kier alpha value is -3.75. The number of rotatable bonds is 10. The van der Waals surface area contributed by atoms with E-state index in [2.05, 4.69) is 45.4 Å². The molecule has 1 aliphatic heterocycles. The molecule has 4 aromatic rings. The molecule has 14 heteroatoms. The lowest BCUT2D eigenvalue weighted by Crippen LogP contribution is -2.46. The van der Waals surface area contributed by atoms with E-state index in [4.69, 9.17) is 9.26 Å². The second kappa shape index (κ2) is 12.3. The van der Waals surface area contributed by atoms with Crippen LogP contribution in [0.15, 0.2) is 35.1 Å². The number of benzene rings is 1. The van der Waals surface area contributed by atoms with Crippen LogP contribution in [0.3, 0.4) is 0 Å². The van der Waals surface area contributed by atoms with Crippen molar-refractivity contribution in [2.45, 2.75) is 64.9 Å². The normalized spacial score (nSPS) is 17.7. The quantitative estimate of drug-likeness (QED) is 0.139. The van der Waals surface area contributed by atoms with Gasteiger partial charge in [0, 0.05) is 62.7 Å². The summed E-state index contributed by atoms with van der Waals surface area (Å²) in [4.78, 5) is 19.9. The number of ether oxygens (including phenoxy) is 1. The number of nitrogens with zero attached hydrogens (tertiary/aromatic N) is 4. The number of aliphatic carboxylic acids is 1. The molecule has 2 atom stereocenters. The number of aromatic nitrogens is 4. The number of carbonyl (C=O) groups is 1. The molecule has 0 unspecified atom stereocenters. The molecular formula is C30H37F3N6O4Si. The predicted octanol–water partition coefficient (Wildman–Crippen LogP) is 6.18. The lowest BCUT2D eigenvalue weighted by atomic mass is 9.96. The van der Waals surface area contributed by atoms with Gasteiger partial charge < -0.3 is 29.6 Å². The molecule has 1 aromatic carbocycles. The zero-order chi connectivity index (χ0) is 31.8. The first-order chi connectivity index (χ1) is 20.7. The maximum Gasteiger partial charge on any atom is 0.419 e. The summed E-state index contributed by atoms with van der Waals surface area (Å²) in [5, 5.41) is 20.1. The van der Waals surface area contributed by atoms with Crippen molar-refractivity contribution in [1.82, 2.24) is 25.0 Å². The first-order valence-electron chi connectivity index (χ1n) is 14.5. The number of alkyl halides is 3. The molecule has 1 fully saturated rings. The molecule has 4 heterocycles. The highest BCUT2D eigenvalue weighted by Gasteiger charge is 2.37. The number of aryl methyl sites for hydroxylation is 2. The van der Waals surface area contributed by atoms with E-state index >= 15 is 0 Å². The van der Waals surface area contributed by atoms with Crippen LogP contribution in [0.25, 0.3) is 33.3 Å². The molecule has 0 amide bonds. The van der Waals surface area contributed by atoms with E-state index in [1.165, 1.54) is 0 Å². The van der Waals surface area contributed by atoms with Gasteiger partial charge in [0.15, 0.2) is 0 Å². The van der Waals surface area contributed by atoms with Gasteiger partial charge in [-0.15, -0.1) is 0 Å². The minimum atomic E-state index is -4.71. The number of carboxylic acid groups (broad SMARTS) is 1. The third-order valence-corrected chi connectivity index (χ3v) is 9.52. The highest BCUT2D eigenvalue weighted by atomic mass is 28.3. The Morgan fingerprint density at radius 2 is 2.02 bits per heavy atom. The molecular weight excluding hydrogens is 593 g/mol. The van der Waals surface area contributed by atoms with Crippen molar-refractivity contribution in [1.29, 1.82) is 0 Å². The molecule has 3 aromatic heterocycles. The molecule has 0 bridgehead atoms. The molecule has 0 aliphatic carbocycles. The SMILES string of the molecule is Cc1noc(C)c1-c1ccc2c(-c3nc(N[C@@H]4CNC[C@H](C(=O)O)C4)ncc3C(F)(F)F)cn(COCC[Si](C)(C)C)c2c1. The second-order valence-electron chi connectivity index (χ2n) is 12.5. The number of carboxylic acids is 1. The Morgan fingerprint density at radius 1 is 1.25 bits per heavy atom. The van der Waals surface area contributed by atoms with E-state index < -0.39 is 31.7 Å². The van der Waals surface area contributed by atoms with E-state index in [9.17, 15) is 23.1 Å². The van der Waals surface area contributed by atoms with Crippen LogP contribution in [0.5, 0.6) is 0 Å². The summed E-state index contributed by atoms with van der Waals surface area (Å²) in [6.07, 6.45) is -2.00. The van der Waals surface area contributed by atoms with E-state index in [1.807, 2.05) is 26.0 Å². The maximum atomic E-state index is 14.3. The van der Waals surface area contributed by atoms with Gasteiger partial charge in [-0.1, -0.05) is 36.9 Å². The number of halogens is 3. The van der Waals surface area contributed by atoms with Crippen molar-refractivity contribution in [3.8, 4) is 22.4 Å². The summed E-state index contributed by atoms with van der Waals surface area (Å²) in [6, 6.07) is 6.10. The number of fused-ring (bicyclic) bond motifs is 1. The number of nitrogens with one attached hydrogen (secondary N) is 2. The molecule has 0 spiro atoms. The van der Waals surface area contributed by atoms with Gasteiger partial charge in [-0.25, -0.2) is 9.97 Å². The van der Waals surface area contributed by atoms with E-state index in [0.717, 1.165) is 23.4 Å². The van der Waals surface area contributed by atoms with Crippen LogP contribution in [-0.2, 0) is 22.4 Å². The van der Waals surface area contributed by atoms with Crippen LogP contribution in [0.4, 0.5) is 19.1 Å². The molecule has 1 saturated heterocycles. The second-order valence-corrected chi connectivity index (χ2v) is 18.1. The average Bonchev–Trinajstić information content (AvgIpc) is 3.48. The molecule has 236 valence electrons. The van der Waals surface area contributed by atoms with Gasteiger partial charge in [0.05, 0.1) is 22.8 Å². The van der Waals surface area contributed by atoms with Crippen molar-refractivity contribution >= 4 is 30.9 Å². The van der Waals surface area contributed by atoms with Gasteiger partial charge in [0.2, 0.25) is 5.95 Å². The zero-order valence-electron chi connectivity index (χ0n) is 25.4. The number of hydrogen-bond acceptors (Lipinski definition) is 8. The molecule has 10 nitrogen and oxygen atoms in total. The first kappa shape index (κ1) is 31.7. The Bertz CT molecular complexity index is 1640. The van der Waals surface area contributed by atoms with Crippen LogP contribution < -0.4 is 10.6 Å². The Kier molecular flexibility index (Phi) is 8.87. The number of hydrogen-bond donors (Lipinski definition) is 3. The number of anilines is 1. The lowest BCUT2D eigenvalue weighted by Gasteiger charge is -2.28. The first-order valence-corrected chi connectivity index (χ1v) is 18.2. The van der Waals surface area contributed by atoms with Crippen LogP contribution in [0.2, 0.25) is 25.7 Å². The largest absolute Gasteiger partial charge is 0.481 e. The Balaban J connectivity index is 1.58.